The van der Waals surface area contributed by atoms with Gasteiger partial charge in [0.2, 0.25) is 5.88 Å². The van der Waals surface area contributed by atoms with E-state index >= 15 is 0 Å². The molecule has 116 valence electrons. The predicted molar refractivity (Wildman–Crippen MR) is 79.4 cm³/mol. The van der Waals surface area contributed by atoms with E-state index in [-0.39, 0.29) is 12.0 Å². The maximum Gasteiger partial charge on any atom is 0.326 e. The van der Waals surface area contributed by atoms with Crippen LogP contribution in [0.1, 0.15) is 46.0 Å². The van der Waals surface area contributed by atoms with Crippen LogP contribution in [0.25, 0.3) is 0 Å². The van der Waals surface area contributed by atoms with E-state index in [4.69, 9.17) is 4.74 Å². The van der Waals surface area contributed by atoms with Crippen LogP contribution >= 0.6 is 0 Å². The Kier molecular flexibility index (Phi) is 5.36. The zero-order chi connectivity index (χ0) is 15.2. The Morgan fingerprint density at radius 1 is 1.33 bits per heavy atom. The summed E-state index contributed by atoms with van der Waals surface area (Å²) >= 11 is 0. The van der Waals surface area contributed by atoms with E-state index < -0.39 is 12.0 Å². The summed E-state index contributed by atoms with van der Waals surface area (Å²) in [7, 11) is 0. The maximum atomic E-state index is 11.5. The van der Waals surface area contributed by atoms with E-state index in [1.807, 2.05) is 13.8 Å². The van der Waals surface area contributed by atoms with Gasteiger partial charge in [0.05, 0.1) is 18.5 Å². The molecule has 1 aromatic rings. The molecule has 0 saturated heterocycles. The fourth-order valence-corrected chi connectivity index (χ4v) is 2.72. The molecule has 0 aliphatic heterocycles. The minimum Gasteiger partial charge on any atom is -0.480 e. The molecule has 2 rings (SSSR count). The Hall–Kier alpha value is -1.85. The normalized spacial score (nSPS) is 17.5. The number of carbonyl (C=O) groups is 1. The van der Waals surface area contributed by atoms with E-state index in [9.17, 15) is 9.90 Å². The fourth-order valence-electron chi connectivity index (χ4n) is 2.72. The Labute approximate surface area is 124 Å². The topological polar surface area (TPSA) is 84.3 Å². The Balaban J connectivity index is 2.07. The smallest absolute Gasteiger partial charge is 0.326 e. The second kappa shape index (κ2) is 7.24. The second-order valence-corrected chi connectivity index (χ2v) is 5.77. The molecule has 0 amide bonds. The molecule has 1 saturated carbocycles. The van der Waals surface area contributed by atoms with Gasteiger partial charge in [-0.05, 0) is 32.6 Å². The van der Waals surface area contributed by atoms with Gasteiger partial charge in [-0.2, -0.15) is 4.98 Å². The molecule has 21 heavy (non-hydrogen) atoms. The lowest BCUT2D eigenvalue weighted by Gasteiger charge is -2.28. The number of nitrogens with one attached hydrogen (secondary N) is 1. The SMILES string of the molecule is CC(C)Oc1cncc(NC(C(=O)O)C2CCCCC2)n1. The molecule has 0 spiro atoms. The molecule has 1 atom stereocenters. The van der Waals surface area contributed by atoms with Crippen molar-refractivity contribution in [3.8, 4) is 5.88 Å². The minimum absolute atomic E-state index is 0.00293. The quantitative estimate of drug-likeness (QED) is 0.839. The number of nitrogens with zero attached hydrogens (tertiary/aromatic N) is 2. The third kappa shape index (κ3) is 4.58. The standard InChI is InChI=1S/C15H23N3O3/c1-10(2)21-13-9-16-8-12(17-13)18-14(15(19)20)11-6-4-3-5-7-11/h8-11,14H,3-7H2,1-2H3,(H,17,18)(H,19,20). The van der Waals surface area contributed by atoms with E-state index in [0.717, 1.165) is 25.7 Å². The number of anilines is 1. The number of ether oxygens (including phenoxy) is 1. The first kappa shape index (κ1) is 15.5. The molecule has 1 aromatic heterocycles. The van der Waals surface area contributed by atoms with Gasteiger partial charge in [0, 0.05) is 0 Å². The number of hydrogen-bond donors (Lipinski definition) is 2. The average molecular weight is 293 g/mol. The van der Waals surface area contributed by atoms with Crippen LogP contribution in [-0.2, 0) is 4.79 Å². The molecular formula is C15H23N3O3. The summed E-state index contributed by atoms with van der Waals surface area (Å²) < 4.78 is 5.48. The van der Waals surface area contributed by atoms with Gasteiger partial charge in [-0.15, -0.1) is 0 Å². The van der Waals surface area contributed by atoms with Crippen molar-refractivity contribution in [2.75, 3.05) is 5.32 Å². The third-order valence-electron chi connectivity index (χ3n) is 3.66. The van der Waals surface area contributed by atoms with Gasteiger partial charge in [-0.1, -0.05) is 19.3 Å². The van der Waals surface area contributed by atoms with Crippen LogP contribution in [-0.4, -0.2) is 33.2 Å². The average Bonchev–Trinajstić information content (AvgIpc) is 2.45. The van der Waals surface area contributed by atoms with Gasteiger partial charge >= 0.3 is 5.97 Å². The van der Waals surface area contributed by atoms with Crippen molar-refractivity contribution in [1.29, 1.82) is 0 Å². The summed E-state index contributed by atoms with van der Waals surface area (Å²) in [5, 5.41) is 12.5. The monoisotopic (exact) mass is 293 g/mol. The highest BCUT2D eigenvalue weighted by Gasteiger charge is 2.29. The van der Waals surface area contributed by atoms with E-state index in [1.54, 1.807) is 0 Å². The summed E-state index contributed by atoms with van der Waals surface area (Å²) in [6, 6.07) is -0.617. The summed E-state index contributed by atoms with van der Waals surface area (Å²) in [6.45, 7) is 3.81. The first-order valence-electron chi connectivity index (χ1n) is 7.54. The molecule has 2 N–H and O–H groups in total. The molecule has 1 aliphatic rings. The lowest BCUT2D eigenvalue weighted by molar-refractivity contribution is -0.139. The molecule has 0 bridgehead atoms. The number of hydrogen-bond acceptors (Lipinski definition) is 5. The largest absolute Gasteiger partial charge is 0.480 e. The zero-order valence-electron chi connectivity index (χ0n) is 12.6. The summed E-state index contributed by atoms with van der Waals surface area (Å²) in [6.07, 6.45) is 8.34. The van der Waals surface area contributed by atoms with Gasteiger partial charge in [-0.3, -0.25) is 4.98 Å². The van der Waals surface area contributed by atoms with Crippen molar-refractivity contribution < 1.29 is 14.6 Å². The summed E-state index contributed by atoms with van der Waals surface area (Å²) in [5.74, 6) is 0.167. The highest BCUT2D eigenvalue weighted by atomic mass is 16.5. The lowest BCUT2D eigenvalue weighted by Crippen LogP contribution is -2.38. The van der Waals surface area contributed by atoms with E-state index in [2.05, 4.69) is 15.3 Å². The third-order valence-corrected chi connectivity index (χ3v) is 3.66. The summed E-state index contributed by atoms with van der Waals surface area (Å²) in [5.41, 5.74) is 0. The lowest BCUT2D eigenvalue weighted by atomic mass is 9.84. The maximum absolute atomic E-state index is 11.5. The Morgan fingerprint density at radius 2 is 2.05 bits per heavy atom. The van der Waals surface area contributed by atoms with Crippen molar-refractivity contribution in [3.63, 3.8) is 0 Å². The number of carboxylic acid groups (broad SMARTS) is 1. The van der Waals surface area contributed by atoms with Gasteiger partial charge < -0.3 is 15.2 Å². The molecule has 1 unspecified atom stereocenters. The molecule has 6 nitrogen and oxygen atoms in total. The molecule has 6 heteroatoms. The van der Waals surface area contributed by atoms with Crippen LogP contribution in [0.4, 0.5) is 5.82 Å². The van der Waals surface area contributed by atoms with Gasteiger partial charge in [0.25, 0.3) is 0 Å². The van der Waals surface area contributed by atoms with Crippen LogP contribution in [0.5, 0.6) is 5.88 Å². The van der Waals surface area contributed by atoms with Crippen LogP contribution in [0.3, 0.4) is 0 Å². The Bertz CT molecular complexity index is 473. The number of rotatable bonds is 6. The van der Waals surface area contributed by atoms with Crippen molar-refractivity contribution in [3.05, 3.63) is 12.4 Å². The highest BCUT2D eigenvalue weighted by Crippen LogP contribution is 2.28. The predicted octanol–water partition coefficient (Wildman–Crippen LogP) is 2.71. The summed E-state index contributed by atoms with van der Waals surface area (Å²) in [4.78, 5) is 19.8. The van der Waals surface area contributed by atoms with Crippen molar-refractivity contribution in [2.24, 2.45) is 5.92 Å². The van der Waals surface area contributed by atoms with Gasteiger partial charge in [-0.25, -0.2) is 4.79 Å². The van der Waals surface area contributed by atoms with E-state index in [0.29, 0.717) is 11.7 Å². The van der Waals surface area contributed by atoms with Crippen LogP contribution < -0.4 is 10.1 Å². The van der Waals surface area contributed by atoms with Crippen LogP contribution in [0.2, 0.25) is 0 Å². The fraction of sp³-hybridized carbons (Fsp3) is 0.667. The molecular weight excluding hydrogens is 270 g/mol. The number of aliphatic carboxylic acids is 1. The molecule has 1 aliphatic carbocycles. The first-order valence-corrected chi connectivity index (χ1v) is 7.54. The van der Waals surface area contributed by atoms with Gasteiger partial charge in [0.1, 0.15) is 11.9 Å². The van der Waals surface area contributed by atoms with Gasteiger partial charge in [0.15, 0.2) is 0 Å². The van der Waals surface area contributed by atoms with Crippen LogP contribution in [0, 0.1) is 5.92 Å². The second-order valence-electron chi connectivity index (χ2n) is 5.77. The van der Waals surface area contributed by atoms with E-state index in [1.165, 1.54) is 18.8 Å². The first-order chi connectivity index (χ1) is 10.1. The van der Waals surface area contributed by atoms with Crippen molar-refractivity contribution in [1.82, 2.24) is 9.97 Å². The number of carboxylic acids is 1. The molecule has 0 aromatic carbocycles. The molecule has 1 heterocycles. The Morgan fingerprint density at radius 3 is 2.67 bits per heavy atom. The van der Waals surface area contributed by atoms with Crippen molar-refractivity contribution >= 4 is 11.8 Å². The highest BCUT2D eigenvalue weighted by molar-refractivity contribution is 5.77. The van der Waals surface area contributed by atoms with Crippen LogP contribution in [0.15, 0.2) is 12.4 Å². The van der Waals surface area contributed by atoms with Crippen molar-refractivity contribution in [2.45, 2.75) is 58.1 Å². The minimum atomic E-state index is -0.834. The number of aromatic nitrogens is 2. The zero-order valence-corrected chi connectivity index (χ0v) is 12.6. The molecule has 0 radical (unpaired) electrons. The molecule has 1 fully saturated rings.